The molecule has 17 heavy (non-hydrogen) atoms. The van der Waals surface area contributed by atoms with E-state index < -0.39 is 0 Å². The number of nitrogens with zero attached hydrogens (tertiary/aromatic N) is 2. The molecule has 0 bridgehead atoms. The molecular weight excluding hydrogens is 283 g/mol. The van der Waals surface area contributed by atoms with E-state index in [1.807, 2.05) is 0 Å². The third kappa shape index (κ3) is 3.22. The highest BCUT2D eigenvalue weighted by molar-refractivity contribution is 7.99. The standard InChI is InChI=1S/C9H10Cl2N4OS/c10-7-6(8(11)14-4-13-7)15-9(16)5-3-17-2-1-12-5/h4-5,12H,1-3H2,(H,15,16). The fraction of sp³-hybridized carbons (Fsp3) is 0.444. The first kappa shape index (κ1) is 12.9. The van der Waals surface area contributed by atoms with Gasteiger partial charge in [0, 0.05) is 18.1 Å². The summed E-state index contributed by atoms with van der Waals surface area (Å²) in [5, 5.41) is 6.04. The Bertz CT molecular complexity index is 405. The summed E-state index contributed by atoms with van der Waals surface area (Å²) in [7, 11) is 0. The highest BCUT2D eigenvalue weighted by Crippen LogP contribution is 2.26. The van der Waals surface area contributed by atoms with E-state index in [-0.39, 0.29) is 27.9 Å². The summed E-state index contributed by atoms with van der Waals surface area (Å²) in [6.45, 7) is 0.815. The van der Waals surface area contributed by atoms with Crippen LogP contribution in [-0.2, 0) is 4.79 Å². The first-order valence-corrected chi connectivity index (χ1v) is 6.87. The lowest BCUT2D eigenvalue weighted by molar-refractivity contribution is -0.117. The molecule has 1 aromatic rings. The van der Waals surface area contributed by atoms with E-state index >= 15 is 0 Å². The molecule has 8 heteroatoms. The predicted molar refractivity (Wildman–Crippen MR) is 69.8 cm³/mol. The van der Waals surface area contributed by atoms with E-state index in [4.69, 9.17) is 23.2 Å². The van der Waals surface area contributed by atoms with E-state index in [9.17, 15) is 4.79 Å². The maximum Gasteiger partial charge on any atom is 0.242 e. The number of thioether (sulfide) groups is 1. The number of anilines is 1. The maximum atomic E-state index is 11.9. The summed E-state index contributed by atoms with van der Waals surface area (Å²) in [5.41, 5.74) is 0.262. The van der Waals surface area contributed by atoms with Crippen LogP contribution in [0.5, 0.6) is 0 Å². The molecule has 0 radical (unpaired) electrons. The molecule has 1 amide bonds. The minimum absolute atomic E-state index is 0.141. The summed E-state index contributed by atoms with van der Waals surface area (Å²) < 4.78 is 0. The minimum Gasteiger partial charge on any atom is -0.320 e. The van der Waals surface area contributed by atoms with Gasteiger partial charge in [-0.2, -0.15) is 11.8 Å². The van der Waals surface area contributed by atoms with Gasteiger partial charge in [-0.1, -0.05) is 23.2 Å². The lowest BCUT2D eigenvalue weighted by Crippen LogP contribution is -2.46. The molecule has 2 rings (SSSR count). The molecule has 1 fully saturated rings. The van der Waals surface area contributed by atoms with Gasteiger partial charge in [-0.3, -0.25) is 4.79 Å². The van der Waals surface area contributed by atoms with Crippen LogP contribution in [0.2, 0.25) is 10.3 Å². The van der Waals surface area contributed by atoms with Crippen molar-refractivity contribution in [2.75, 3.05) is 23.4 Å². The van der Waals surface area contributed by atoms with Crippen LogP contribution in [0.15, 0.2) is 6.33 Å². The molecule has 1 atom stereocenters. The van der Waals surface area contributed by atoms with Crippen LogP contribution in [-0.4, -0.2) is 40.0 Å². The van der Waals surface area contributed by atoms with Crippen LogP contribution >= 0.6 is 35.0 Å². The first-order valence-electron chi connectivity index (χ1n) is 4.96. The van der Waals surface area contributed by atoms with E-state index in [2.05, 4.69) is 20.6 Å². The number of carbonyl (C=O) groups is 1. The van der Waals surface area contributed by atoms with Gasteiger partial charge in [0.25, 0.3) is 0 Å². The van der Waals surface area contributed by atoms with Crippen LogP contribution in [0.3, 0.4) is 0 Å². The SMILES string of the molecule is O=C(Nc1c(Cl)ncnc1Cl)C1CSCCN1. The van der Waals surface area contributed by atoms with Crippen molar-refractivity contribution in [3.8, 4) is 0 Å². The fourth-order valence-electron chi connectivity index (χ4n) is 1.39. The first-order chi connectivity index (χ1) is 8.18. The van der Waals surface area contributed by atoms with Crippen LogP contribution in [0.4, 0.5) is 5.69 Å². The molecule has 0 saturated carbocycles. The molecule has 2 N–H and O–H groups in total. The van der Waals surface area contributed by atoms with E-state index in [1.165, 1.54) is 6.33 Å². The highest BCUT2D eigenvalue weighted by atomic mass is 35.5. The molecule has 92 valence electrons. The molecule has 0 aliphatic carbocycles. The van der Waals surface area contributed by atoms with Crippen molar-refractivity contribution in [1.82, 2.24) is 15.3 Å². The normalized spacial score (nSPS) is 20.0. The fourth-order valence-corrected chi connectivity index (χ4v) is 2.73. The van der Waals surface area contributed by atoms with Crippen molar-refractivity contribution in [3.63, 3.8) is 0 Å². The Morgan fingerprint density at radius 1 is 1.47 bits per heavy atom. The van der Waals surface area contributed by atoms with Crippen molar-refractivity contribution in [1.29, 1.82) is 0 Å². The summed E-state index contributed by atoms with van der Waals surface area (Å²) in [6, 6.07) is -0.235. The second-order valence-electron chi connectivity index (χ2n) is 3.40. The number of hydrogen-bond donors (Lipinski definition) is 2. The predicted octanol–water partition coefficient (Wildman–Crippen LogP) is 1.43. The van der Waals surface area contributed by atoms with Gasteiger partial charge < -0.3 is 10.6 Å². The molecule has 2 heterocycles. The Kier molecular flexibility index (Phi) is 4.44. The smallest absolute Gasteiger partial charge is 0.242 e. The molecule has 1 unspecified atom stereocenters. The zero-order chi connectivity index (χ0) is 12.3. The van der Waals surface area contributed by atoms with Gasteiger partial charge in [0.15, 0.2) is 10.3 Å². The molecular formula is C9H10Cl2N4OS. The van der Waals surface area contributed by atoms with E-state index in [0.29, 0.717) is 0 Å². The molecule has 1 saturated heterocycles. The Labute approximate surface area is 113 Å². The van der Waals surface area contributed by atoms with Gasteiger partial charge in [-0.15, -0.1) is 0 Å². The van der Waals surface area contributed by atoms with Crippen LogP contribution in [0.1, 0.15) is 0 Å². The van der Waals surface area contributed by atoms with E-state index in [0.717, 1.165) is 18.1 Å². The van der Waals surface area contributed by atoms with Gasteiger partial charge >= 0.3 is 0 Å². The highest BCUT2D eigenvalue weighted by Gasteiger charge is 2.22. The average Bonchev–Trinajstić information content (AvgIpc) is 2.35. The summed E-state index contributed by atoms with van der Waals surface area (Å²) in [6.07, 6.45) is 1.25. The molecule has 0 aromatic carbocycles. The molecule has 5 nitrogen and oxygen atoms in total. The number of carbonyl (C=O) groups excluding carboxylic acids is 1. The number of rotatable bonds is 2. The lowest BCUT2D eigenvalue weighted by atomic mass is 10.3. The monoisotopic (exact) mass is 292 g/mol. The second kappa shape index (κ2) is 5.86. The Morgan fingerprint density at radius 3 is 2.76 bits per heavy atom. The Hall–Kier alpha value is -0.560. The van der Waals surface area contributed by atoms with Crippen molar-refractivity contribution < 1.29 is 4.79 Å². The lowest BCUT2D eigenvalue weighted by Gasteiger charge is -2.22. The zero-order valence-corrected chi connectivity index (χ0v) is 11.1. The van der Waals surface area contributed by atoms with Gasteiger partial charge in [0.05, 0.1) is 6.04 Å². The van der Waals surface area contributed by atoms with Gasteiger partial charge in [-0.05, 0) is 0 Å². The van der Waals surface area contributed by atoms with Crippen LogP contribution < -0.4 is 10.6 Å². The molecule has 1 aromatic heterocycles. The van der Waals surface area contributed by atoms with Crippen molar-refractivity contribution >= 4 is 46.6 Å². The van der Waals surface area contributed by atoms with Crippen molar-refractivity contribution in [2.24, 2.45) is 0 Å². The molecule has 0 spiro atoms. The Balaban J connectivity index is 2.07. The summed E-state index contributed by atoms with van der Waals surface area (Å²) in [4.78, 5) is 19.4. The Morgan fingerprint density at radius 2 is 2.18 bits per heavy atom. The number of nitrogens with one attached hydrogen (secondary N) is 2. The minimum atomic E-state index is -0.235. The molecule has 1 aliphatic rings. The van der Waals surface area contributed by atoms with Gasteiger partial charge in [0.2, 0.25) is 5.91 Å². The average molecular weight is 293 g/mol. The summed E-state index contributed by atoms with van der Waals surface area (Å²) >= 11 is 13.4. The quantitative estimate of drug-likeness (QED) is 0.807. The second-order valence-corrected chi connectivity index (χ2v) is 5.27. The van der Waals surface area contributed by atoms with Crippen LogP contribution in [0.25, 0.3) is 0 Å². The van der Waals surface area contributed by atoms with Crippen LogP contribution in [0, 0.1) is 0 Å². The maximum absolute atomic E-state index is 11.9. The van der Waals surface area contributed by atoms with Gasteiger partial charge in [-0.25, -0.2) is 9.97 Å². The number of aromatic nitrogens is 2. The number of hydrogen-bond acceptors (Lipinski definition) is 5. The largest absolute Gasteiger partial charge is 0.320 e. The van der Waals surface area contributed by atoms with Gasteiger partial charge in [0.1, 0.15) is 12.0 Å². The van der Waals surface area contributed by atoms with E-state index in [1.54, 1.807) is 11.8 Å². The third-order valence-electron chi connectivity index (χ3n) is 2.24. The molecule has 1 aliphatic heterocycles. The van der Waals surface area contributed by atoms with Crippen molar-refractivity contribution in [3.05, 3.63) is 16.6 Å². The summed E-state index contributed by atoms with van der Waals surface area (Å²) in [5.74, 6) is 1.57. The topological polar surface area (TPSA) is 66.9 Å². The number of amides is 1. The number of halogens is 2. The van der Waals surface area contributed by atoms with Crippen molar-refractivity contribution in [2.45, 2.75) is 6.04 Å². The third-order valence-corrected chi connectivity index (χ3v) is 3.88. The zero-order valence-electron chi connectivity index (χ0n) is 8.74.